The van der Waals surface area contributed by atoms with Gasteiger partial charge in [0.05, 0.1) is 184 Å². The van der Waals surface area contributed by atoms with E-state index in [9.17, 15) is 34.3 Å². The van der Waals surface area contributed by atoms with Crippen LogP contribution in [-0.2, 0) is 80.5 Å². The van der Waals surface area contributed by atoms with Crippen LogP contribution >= 0.6 is 7.60 Å². The van der Waals surface area contributed by atoms with Crippen molar-refractivity contribution in [2.75, 3.05) is 177 Å². The van der Waals surface area contributed by atoms with Crippen LogP contribution in [0.3, 0.4) is 0 Å². The van der Waals surface area contributed by atoms with Gasteiger partial charge in [-0.25, -0.2) is 0 Å². The normalized spacial score (nSPS) is 19.4. The third-order valence-corrected chi connectivity index (χ3v) is 10.5. The Balaban J connectivity index is 0.961. The Labute approximate surface area is 407 Å². The Kier molecular flexibility index (Phi) is 33.6. The number of anilines is 1. The van der Waals surface area contributed by atoms with Crippen LogP contribution in [0.2, 0.25) is 0 Å². The summed E-state index contributed by atoms with van der Waals surface area (Å²) in [5.41, 5.74) is 0.464. The SMILES string of the molecule is O=C(CCOCCOCCOCCOCCOCCOCCOCCOCCOCCOCCOCCOCCN1C(=O)C=CC1=O)Nc1ccc(O[C@H]2O[C@H](CCP(=O)(O)O)[C@@H](O)[C@H](O)[C@@H]2O)cc1. The fourth-order valence-electron chi connectivity index (χ4n) is 6.02. The molecule has 2 aliphatic heterocycles. The van der Waals surface area contributed by atoms with Crippen LogP contribution in [0.4, 0.5) is 5.69 Å². The van der Waals surface area contributed by atoms with E-state index in [0.29, 0.717) is 151 Å². The van der Waals surface area contributed by atoms with Gasteiger partial charge in [-0.1, -0.05) is 0 Å². The zero-order valence-electron chi connectivity index (χ0n) is 39.6. The number of amides is 3. The van der Waals surface area contributed by atoms with Gasteiger partial charge in [0.2, 0.25) is 12.2 Å². The van der Waals surface area contributed by atoms with E-state index in [1.807, 2.05) is 0 Å². The van der Waals surface area contributed by atoms with Crippen LogP contribution in [0.15, 0.2) is 36.4 Å². The monoisotopic (exact) mass is 1030 g/mol. The fourth-order valence-corrected chi connectivity index (χ4v) is 6.61. The van der Waals surface area contributed by atoms with Crippen molar-refractivity contribution in [3.63, 3.8) is 0 Å². The molecule has 0 bridgehead atoms. The van der Waals surface area contributed by atoms with Crippen molar-refractivity contribution in [2.24, 2.45) is 0 Å². The summed E-state index contributed by atoms with van der Waals surface area (Å²) in [4.78, 5) is 54.6. The second-order valence-electron chi connectivity index (χ2n) is 15.1. The van der Waals surface area contributed by atoms with Gasteiger partial charge >= 0.3 is 7.60 Å². The summed E-state index contributed by atoms with van der Waals surface area (Å²) in [7, 11) is -4.38. The summed E-state index contributed by atoms with van der Waals surface area (Å²) in [5, 5.41) is 33.3. The molecule has 0 aromatic heterocycles. The maximum absolute atomic E-state index is 12.3. The van der Waals surface area contributed by atoms with Crippen molar-refractivity contribution < 1.29 is 110 Å². The van der Waals surface area contributed by atoms with Crippen LogP contribution in [0.5, 0.6) is 5.75 Å². The summed E-state index contributed by atoms with van der Waals surface area (Å²) in [6.45, 7) is 9.82. The predicted molar refractivity (Wildman–Crippen MR) is 244 cm³/mol. The minimum absolute atomic E-state index is 0.0995. The zero-order chi connectivity index (χ0) is 50.5. The number of benzene rings is 1. The van der Waals surface area contributed by atoms with E-state index in [1.165, 1.54) is 24.3 Å². The molecule has 1 fully saturated rings. The van der Waals surface area contributed by atoms with Gasteiger partial charge in [0.25, 0.3) is 11.8 Å². The fraction of sp³-hybridized carbons (Fsp3) is 0.750. The summed E-state index contributed by atoms with van der Waals surface area (Å²) >= 11 is 0. The van der Waals surface area contributed by atoms with Crippen molar-refractivity contribution in [1.82, 2.24) is 4.90 Å². The van der Waals surface area contributed by atoms with Crippen LogP contribution in [0, 0.1) is 0 Å². The lowest BCUT2D eigenvalue weighted by molar-refractivity contribution is -0.272. The highest BCUT2D eigenvalue weighted by Gasteiger charge is 2.45. The molecule has 6 N–H and O–H groups in total. The van der Waals surface area contributed by atoms with Gasteiger partial charge in [0, 0.05) is 17.8 Å². The van der Waals surface area contributed by atoms with Crippen LogP contribution in [0.25, 0.3) is 0 Å². The molecule has 70 heavy (non-hydrogen) atoms. The van der Waals surface area contributed by atoms with E-state index >= 15 is 0 Å². The highest BCUT2D eigenvalue weighted by molar-refractivity contribution is 7.51. The van der Waals surface area contributed by atoms with E-state index < -0.39 is 44.5 Å². The predicted octanol–water partition coefficient (Wildman–Crippen LogP) is -1.11. The second kappa shape index (κ2) is 38.5. The van der Waals surface area contributed by atoms with Gasteiger partial charge in [-0.15, -0.1) is 0 Å². The first kappa shape index (κ1) is 61.2. The maximum Gasteiger partial charge on any atom is 0.325 e. The number of aliphatic hydroxyl groups is 3. The lowest BCUT2D eigenvalue weighted by Gasteiger charge is -2.40. The molecule has 0 aliphatic carbocycles. The smallest absolute Gasteiger partial charge is 0.325 e. The Hall–Kier alpha value is -3.12. The first-order valence-electron chi connectivity index (χ1n) is 23.2. The Morgan fingerprint density at radius 2 is 0.886 bits per heavy atom. The summed E-state index contributed by atoms with van der Waals surface area (Å²) in [5.74, 6) is -0.713. The number of carbonyl (C=O) groups excluding carboxylic acids is 3. The third-order valence-electron chi connectivity index (χ3n) is 9.69. The van der Waals surface area contributed by atoms with E-state index in [1.54, 1.807) is 12.1 Å². The summed E-state index contributed by atoms with van der Waals surface area (Å²) in [6.07, 6.45) is -5.70. The third kappa shape index (κ3) is 29.4. The van der Waals surface area contributed by atoms with Crippen molar-refractivity contribution in [2.45, 2.75) is 43.5 Å². The van der Waals surface area contributed by atoms with E-state index in [-0.39, 0.29) is 56.1 Å². The molecule has 2 aliphatic rings. The summed E-state index contributed by atoms with van der Waals surface area (Å²) in [6, 6.07) is 6.09. The van der Waals surface area contributed by atoms with Crippen molar-refractivity contribution >= 4 is 31.0 Å². The van der Waals surface area contributed by atoms with Crippen molar-refractivity contribution in [1.29, 1.82) is 0 Å². The lowest BCUT2D eigenvalue weighted by atomic mass is 9.97. The molecular weight excluding hydrogens is 955 g/mol. The summed E-state index contributed by atoms with van der Waals surface area (Å²) < 4.78 is 87.8. The number of ether oxygens (including phenoxy) is 14. The van der Waals surface area contributed by atoms with Crippen molar-refractivity contribution in [3.05, 3.63) is 36.4 Å². The molecule has 402 valence electrons. The minimum atomic E-state index is -4.38. The molecule has 1 aromatic carbocycles. The quantitative estimate of drug-likeness (QED) is 0.0256. The molecule has 3 amide bonds. The Bertz CT molecular complexity index is 1590. The molecule has 1 aromatic rings. The molecular formula is C44H73N2O23P. The molecule has 0 unspecified atom stereocenters. The number of carbonyl (C=O) groups is 3. The number of imide groups is 1. The zero-order valence-corrected chi connectivity index (χ0v) is 40.5. The largest absolute Gasteiger partial charge is 0.462 e. The standard InChI is InChI=1S/C44H73N2O23P/c47-38(45-35-1-3-36(4-2-35)68-44-43(52)42(51)41(50)37(69-44)8-34-70(53,54)55)7-10-56-12-14-58-16-18-60-20-22-62-24-26-64-28-30-66-32-33-67-31-29-65-27-25-63-23-21-61-19-17-59-15-13-57-11-9-46-39(48)5-6-40(46)49/h1-6,37,41-44,50-52H,7-34H2,(H,45,47)(H2,53,54,55)/t37-,41-,42+,43+,44+/m1/s1. The second-order valence-corrected chi connectivity index (χ2v) is 16.9. The van der Waals surface area contributed by atoms with E-state index in [2.05, 4.69) is 5.32 Å². The number of rotatable bonds is 45. The van der Waals surface area contributed by atoms with E-state index in [4.69, 9.17) is 76.1 Å². The van der Waals surface area contributed by atoms with E-state index in [0.717, 1.165) is 4.90 Å². The topological polar surface area (TPSA) is 314 Å². The molecule has 25 nitrogen and oxygen atoms in total. The minimum Gasteiger partial charge on any atom is -0.462 e. The first-order chi connectivity index (χ1) is 33.9. The first-order valence-corrected chi connectivity index (χ1v) is 25.0. The molecule has 2 heterocycles. The van der Waals surface area contributed by atoms with Crippen LogP contribution in [0.1, 0.15) is 12.8 Å². The molecule has 5 atom stereocenters. The van der Waals surface area contributed by atoms with Gasteiger partial charge in [0.15, 0.2) is 0 Å². The van der Waals surface area contributed by atoms with Crippen molar-refractivity contribution in [3.8, 4) is 5.75 Å². The number of hydrogen-bond acceptors (Lipinski definition) is 21. The molecule has 3 rings (SSSR count). The average molecular weight is 1030 g/mol. The number of nitrogens with zero attached hydrogens (tertiary/aromatic N) is 1. The highest BCUT2D eigenvalue weighted by atomic mass is 31.2. The average Bonchev–Trinajstić information content (AvgIpc) is 3.66. The number of aliphatic hydroxyl groups excluding tert-OH is 3. The number of nitrogens with one attached hydrogen (secondary N) is 1. The van der Waals surface area contributed by atoms with Gasteiger partial charge in [0.1, 0.15) is 24.1 Å². The Morgan fingerprint density at radius 3 is 1.26 bits per heavy atom. The Morgan fingerprint density at radius 1 is 0.529 bits per heavy atom. The van der Waals surface area contributed by atoms with Gasteiger partial charge in [-0.2, -0.15) is 0 Å². The van der Waals surface area contributed by atoms with Crippen LogP contribution < -0.4 is 10.1 Å². The number of hydrogen-bond donors (Lipinski definition) is 6. The molecule has 0 radical (unpaired) electrons. The van der Waals surface area contributed by atoms with Gasteiger partial charge < -0.3 is 96.7 Å². The van der Waals surface area contributed by atoms with Gasteiger partial charge in [-0.3, -0.25) is 23.8 Å². The maximum atomic E-state index is 12.3. The molecule has 26 heteroatoms. The van der Waals surface area contributed by atoms with Gasteiger partial charge in [-0.05, 0) is 30.7 Å². The highest BCUT2D eigenvalue weighted by Crippen LogP contribution is 2.37. The van der Waals surface area contributed by atoms with Crippen LogP contribution in [-0.4, -0.2) is 250 Å². The molecule has 0 saturated carbocycles. The molecule has 1 saturated heterocycles. The lowest BCUT2D eigenvalue weighted by Crippen LogP contribution is -2.59. The molecule has 0 spiro atoms.